The van der Waals surface area contributed by atoms with E-state index in [1.54, 1.807) is 36.6 Å². The summed E-state index contributed by atoms with van der Waals surface area (Å²) in [7, 11) is 0. The van der Waals surface area contributed by atoms with Crippen molar-refractivity contribution in [1.29, 1.82) is 0 Å². The first-order chi connectivity index (χ1) is 12.4. The van der Waals surface area contributed by atoms with Gasteiger partial charge in [-0.3, -0.25) is 5.73 Å². The molecule has 3 rings (SSSR count). The summed E-state index contributed by atoms with van der Waals surface area (Å²) < 4.78 is 18.7. The van der Waals surface area contributed by atoms with Gasteiger partial charge in [-0.1, -0.05) is 35.9 Å². The van der Waals surface area contributed by atoms with E-state index in [-0.39, 0.29) is 17.2 Å². The zero-order chi connectivity index (χ0) is 18.7. The Morgan fingerprint density at radius 2 is 2.00 bits per heavy atom. The third-order valence-corrected chi connectivity index (χ3v) is 4.26. The van der Waals surface area contributed by atoms with Gasteiger partial charge in [0, 0.05) is 11.2 Å². The van der Waals surface area contributed by atoms with Gasteiger partial charge in [0.1, 0.15) is 5.82 Å². The summed E-state index contributed by atoms with van der Waals surface area (Å²) in [6.07, 6.45) is 5.10. The van der Waals surface area contributed by atoms with Crippen LogP contribution in [-0.2, 0) is 11.3 Å². The van der Waals surface area contributed by atoms with Gasteiger partial charge < -0.3 is 15.2 Å². The first-order valence-corrected chi connectivity index (χ1v) is 8.12. The molecule has 4 N–H and O–H groups in total. The fourth-order valence-corrected chi connectivity index (χ4v) is 2.63. The molecular formula is C19H16ClFN2O3. The summed E-state index contributed by atoms with van der Waals surface area (Å²) in [5, 5.41) is 12.2. The Hall–Kier alpha value is -2.67. The summed E-state index contributed by atoms with van der Waals surface area (Å²) in [6.45, 7) is 0.101. The predicted octanol–water partition coefficient (Wildman–Crippen LogP) is 3.51. The fourth-order valence-electron chi connectivity index (χ4n) is 2.41. The minimum Gasteiger partial charge on any atom is -0.478 e. The van der Waals surface area contributed by atoms with E-state index >= 15 is 0 Å². The van der Waals surface area contributed by atoms with Crippen molar-refractivity contribution in [2.75, 3.05) is 0 Å². The number of hydrogen-bond donors (Lipinski definition) is 3. The lowest BCUT2D eigenvalue weighted by atomic mass is 10.0. The second-order valence-corrected chi connectivity index (χ2v) is 6.18. The maximum Gasteiger partial charge on any atom is 0.335 e. The quantitative estimate of drug-likeness (QED) is 0.697. The zero-order valence-corrected chi connectivity index (χ0v) is 14.3. The highest BCUT2D eigenvalue weighted by Gasteiger charge is 2.24. The Morgan fingerprint density at radius 3 is 2.58 bits per heavy atom. The Morgan fingerprint density at radius 1 is 1.27 bits per heavy atom. The number of carboxylic acid groups (broad SMARTS) is 1. The Balaban J connectivity index is 1.66. The van der Waals surface area contributed by atoms with E-state index in [4.69, 9.17) is 27.2 Å². The number of rotatable bonds is 5. The van der Waals surface area contributed by atoms with Crippen LogP contribution in [0.5, 0.6) is 0 Å². The summed E-state index contributed by atoms with van der Waals surface area (Å²) in [5.74, 6) is -2.63. The first-order valence-electron chi connectivity index (χ1n) is 7.74. The van der Waals surface area contributed by atoms with E-state index in [1.807, 2.05) is 0 Å². The van der Waals surface area contributed by atoms with Crippen molar-refractivity contribution in [1.82, 2.24) is 5.32 Å². The van der Waals surface area contributed by atoms with Crippen LogP contribution < -0.4 is 11.1 Å². The first kappa shape index (κ1) is 18.1. The van der Waals surface area contributed by atoms with Gasteiger partial charge in [-0.15, -0.1) is 0 Å². The molecule has 0 saturated carbocycles. The number of dihydropyridines is 1. The Bertz CT molecular complexity index is 896. The normalized spacial score (nSPS) is 19.0. The van der Waals surface area contributed by atoms with Crippen molar-refractivity contribution in [3.05, 3.63) is 88.3 Å². The van der Waals surface area contributed by atoms with Gasteiger partial charge >= 0.3 is 5.97 Å². The SMILES string of the molecule is NC1(OCc2ccc(F)cc2Cl)C=CC(c2ccc(C(=O)O)cc2)=CN1. The van der Waals surface area contributed by atoms with E-state index in [1.165, 1.54) is 24.3 Å². The minimum atomic E-state index is -1.23. The third-order valence-electron chi connectivity index (χ3n) is 3.91. The number of nitrogens with one attached hydrogen (secondary N) is 1. The van der Waals surface area contributed by atoms with Crippen LogP contribution in [0.4, 0.5) is 4.39 Å². The van der Waals surface area contributed by atoms with Crippen molar-refractivity contribution in [3.63, 3.8) is 0 Å². The molecule has 0 amide bonds. The van der Waals surface area contributed by atoms with Crippen molar-refractivity contribution >= 4 is 23.1 Å². The molecule has 0 fully saturated rings. The number of carboxylic acids is 1. The van der Waals surface area contributed by atoms with Crippen LogP contribution in [0.25, 0.3) is 5.57 Å². The van der Waals surface area contributed by atoms with Gasteiger partial charge in [0.15, 0.2) is 0 Å². The second kappa shape index (κ2) is 7.29. The highest BCUT2D eigenvalue weighted by molar-refractivity contribution is 6.31. The molecule has 2 aromatic carbocycles. The van der Waals surface area contributed by atoms with Gasteiger partial charge in [-0.05, 0) is 47.0 Å². The molecule has 5 nitrogen and oxygen atoms in total. The molecular weight excluding hydrogens is 359 g/mol. The van der Waals surface area contributed by atoms with E-state index in [2.05, 4.69) is 5.32 Å². The average Bonchev–Trinajstić information content (AvgIpc) is 2.62. The number of halogens is 2. The molecule has 1 heterocycles. The van der Waals surface area contributed by atoms with Gasteiger partial charge in [0.05, 0.1) is 12.2 Å². The number of carbonyl (C=O) groups is 1. The average molecular weight is 375 g/mol. The second-order valence-electron chi connectivity index (χ2n) is 5.78. The lowest BCUT2D eigenvalue weighted by Gasteiger charge is -2.30. The van der Waals surface area contributed by atoms with Crippen LogP contribution in [0.3, 0.4) is 0 Å². The van der Waals surface area contributed by atoms with Crippen LogP contribution >= 0.6 is 11.6 Å². The molecule has 0 radical (unpaired) electrons. The zero-order valence-electron chi connectivity index (χ0n) is 13.6. The molecule has 0 aliphatic carbocycles. The number of benzene rings is 2. The number of allylic oxidation sites excluding steroid dienone is 2. The molecule has 26 heavy (non-hydrogen) atoms. The highest BCUT2D eigenvalue weighted by atomic mass is 35.5. The maximum atomic E-state index is 13.1. The van der Waals surface area contributed by atoms with Crippen molar-refractivity contribution in [2.45, 2.75) is 12.5 Å². The molecule has 1 unspecified atom stereocenters. The summed E-state index contributed by atoms with van der Waals surface area (Å²) in [6, 6.07) is 10.5. The Labute approximate surface area is 154 Å². The summed E-state index contributed by atoms with van der Waals surface area (Å²) >= 11 is 5.98. The number of nitrogens with two attached hydrogens (primary N) is 1. The molecule has 2 aromatic rings. The van der Waals surface area contributed by atoms with E-state index in [9.17, 15) is 9.18 Å². The number of hydrogen-bond acceptors (Lipinski definition) is 4. The van der Waals surface area contributed by atoms with Crippen LogP contribution in [0.2, 0.25) is 5.02 Å². The molecule has 1 aliphatic heterocycles. The lowest BCUT2D eigenvalue weighted by molar-refractivity contribution is -0.0318. The Kier molecular flexibility index (Phi) is 5.08. The molecule has 7 heteroatoms. The molecule has 0 bridgehead atoms. The van der Waals surface area contributed by atoms with Gasteiger partial charge in [0.2, 0.25) is 5.85 Å². The third kappa shape index (κ3) is 4.11. The van der Waals surface area contributed by atoms with Crippen molar-refractivity contribution < 1.29 is 19.0 Å². The lowest BCUT2D eigenvalue weighted by Crippen LogP contribution is -2.52. The van der Waals surface area contributed by atoms with Gasteiger partial charge in [-0.2, -0.15) is 0 Å². The van der Waals surface area contributed by atoms with Crippen LogP contribution in [0.15, 0.2) is 60.8 Å². The summed E-state index contributed by atoms with van der Waals surface area (Å²) in [4.78, 5) is 10.9. The van der Waals surface area contributed by atoms with Gasteiger partial charge in [-0.25, -0.2) is 9.18 Å². The number of aromatic carboxylic acids is 1. The summed E-state index contributed by atoms with van der Waals surface area (Å²) in [5.41, 5.74) is 8.63. The van der Waals surface area contributed by atoms with Crippen LogP contribution in [0, 0.1) is 5.82 Å². The van der Waals surface area contributed by atoms with Crippen LogP contribution in [0.1, 0.15) is 21.5 Å². The maximum absolute atomic E-state index is 13.1. The molecule has 0 aromatic heterocycles. The largest absolute Gasteiger partial charge is 0.478 e. The van der Waals surface area contributed by atoms with Crippen molar-refractivity contribution in [2.24, 2.45) is 5.73 Å². The van der Waals surface area contributed by atoms with Crippen LogP contribution in [-0.4, -0.2) is 16.9 Å². The molecule has 134 valence electrons. The number of ether oxygens (including phenoxy) is 1. The van der Waals surface area contributed by atoms with E-state index in [0.29, 0.717) is 5.56 Å². The standard InChI is InChI=1S/C19H16ClFN2O3/c20-17-9-16(21)6-5-15(17)11-26-19(22)8-7-14(10-23-19)12-1-3-13(4-2-12)18(24)25/h1-10,23H,11,22H2,(H,24,25). The fraction of sp³-hybridized carbons (Fsp3) is 0.105. The molecule has 1 atom stereocenters. The molecule has 1 aliphatic rings. The smallest absolute Gasteiger partial charge is 0.335 e. The predicted molar refractivity (Wildman–Crippen MR) is 96.8 cm³/mol. The minimum absolute atomic E-state index is 0.101. The monoisotopic (exact) mass is 374 g/mol. The highest BCUT2D eigenvalue weighted by Crippen LogP contribution is 2.23. The van der Waals surface area contributed by atoms with Gasteiger partial charge in [0.25, 0.3) is 0 Å². The topological polar surface area (TPSA) is 84.6 Å². The molecule has 0 spiro atoms. The van der Waals surface area contributed by atoms with E-state index < -0.39 is 17.6 Å². The van der Waals surface area contributed by atoms with Crippen molar-refractivity contribution in [3.8, 4) is 0 Å². The molecule has 0 saturated heterocycles. The van der Waals surface area contributed by atoms with E-state index in [0.717, 1.165) is 11.1 Å².